The van der Waals surface area contributed by atoms with Crippen LogP contribution < -0.4 is 10.6 Å². The Kier molecular flexibility index (Phi) is 12.1. The first kappa shape index (κ1) is 21.1. The summed E-state index contributed by atoms with van der Waals surface area (Å²) in [4.78, 5) is 21.2. The van der Waals surface area contributed by atoms with Crippen molar-refractivity contribution in [3.63, 3.8) is 0 Å². The number of guanidine groups is 1. The zero-order valence-corrected chi connectivity index (χ0v) is 16.5. The SMILES string of the molecule is CCNC(=NCc1ncc(C)s1)NCCCC(=O)OCC.I. The van der Waals surface area contributed by atoms with Crippen LogP contribution in [-0.4, -0.2) is 36.6 Å². The maximum atomic E-state index is 11.2. The number of nitrogens with one attached hydrogen (secondary N) is 2. The third kappa shape index (κ3) is 9.19. The van der Waals surface area contributed by atoms with Gasteiger partial charge < -0.3 is 15.4 Å². The summed E-state index contributed by atoms with van der Waals surface area (Å²) in [5, 5.41) is 7.37. The van der Waals surface area contributed by atoms with E-state index in [0.717, 1.165) is 23.9 Å². The van der Waals surface area contributed by atoms with Gasteiger partial charge in [-0.15, -0.1) is 35.3 Å². The van der Waals surface area contributed by atoms with Crippen molar-refractivity contribution in [1.82, 2.24) is 15.6 Å². The monoisotopic (exact) mass is 440 g/mol. The Morgan fingerprint density at radius 3 is 2.77 bits per heavy atom. The highest BCUT2D eigenvalue weighted by molar-refractivity contribution is 14.0. The molecule has 0 aliphatic heterocycles. The number of hydrogen-bond donors (Lipinski definition) is 2. The molecule has 0 radical (unpaired) electrons. The highest BCUT2D eigenvalue weighted by Gasteiger charge is 2.03. The van der Waals surface area contributed by atoms with Gasteiger partial charge in [0, 0.05) is 30.6 Å². The van der Waals surface area contributed by atoms with Crippen LogP contribution in [0, 0.1) is 6.92 Å². The smallest absolute Gasteiger partial charge is 0.305 e. The van der Waals surface area contributed by atoms with Gasteiger partial charge in [0.1, 0.15) is 5.01 Å². The summed E-state index contributed by atoms with van der Waals surface area (Å²) in [5.41, 5.74) is 0. The molecule has 6 nitrogen and oxygen atoms in total. The van der Waals surface area contributed by atoms with Gasteiger partial charge in [0.05, 0.1) is 13.2 Å². The van der Waals surface area contributed by atoms with E-state index in [1.807, 2.05) is 27.0 Å². The van der Waals surface area contributed by atoms with Crippen LogP contribution in [0.1, 0.15) is 36.6 Å². The first-order chi connectivity index (χ1) is 10.2. The number of thiazole rings is 1. The first-order valence-corrected chi connectivity index (χ1v) is 8.06. The number of nitrogens with zero attached hydrogens (tertiary/aromatic N) is 2. The minimum atomic E-state index is -0.153. The molecule has 0 spiro atoms. The van der Waals surface area contributed by atoms with Gasteiger partial charge in [0.15, 0.2) is 5.96 Å². The van der Waals surface area contributed by atoms with E-state index in [4.69, 9.17) is 4.74 Å². The van der Waals surface area contributed by atoms with Gasteiger partial charge >= 0.3 is 5.97 Å². The topological polar surface area (TPSA) is 75.6 Å². The molecule has 0 amide bonds. The van der Waals surface area contributed by atoms with Gasteiger partial charge in [-0.3, -0.25) is 4.79 Å². The van der Waals surface area contributed by atoms with Crippen molar-refractivity contribution < 1.29 is 9.53 Å². The van der Waals surface area contributed by atoms with E-state index in [1.54, 1.807) is 11.3 Å². The average Bonchev–Trinajstić information content (AvgIpc) is 2.87. The quantitative estimate of drug-likeness (QED) is 0.214. The Bertz CT molecular complexity index is 465. The van der Waals surface area contributed by atoms with E-state index < -0.39 is 0 Å². The molecule has 1 heterocycles. The van der Waals surface area contributed by atoms with E-state index in [-0.39, 0.29) is 29.9 Å². The van der Waals surface area contributed by atoms with Crippen molar-refractivity contribution in [3.05, 3.63) is 16.1 Å². The van der Waals surface area contributed by atoms with E-state index >= 15 is 0 Å². The molecular weight excluding hydrogens is 415 g/mol. The molecule has 0 fully saturated rings. The number of aliphatic imine (C=N–C) groups is 1. The van der Waals surface area contributed by atoms with Gasteiger partial charge in [0.2, 0.25) is 0 Å². The summed E-state index contributed by atoms with van der Waals surface area (Å²) < 4.78 is 4.88. The summed E-state index contributed by atoms with van der Waals surface area (Å²) in [7, 11) is 0. The Morgan fingerprint density at radius 1 is 1.41 bits per heavy atom. The summed E-state index contributed by atoms with van der Waals surface area (Å²) in [6, 6.07) is 0. The zero-order chi connectivity index (χ0) is 15.5. The van der Waals surface area contributed by atoms with Crippen molar-refractivity contribution >= 4 is 47.2 Å². The second-order valence-corrected chi connectivity index (χ2v) is 5.71. The molecule has 0 unspecified atom stereocenters. The molecular formula is C14H25IN4O2S. The van der Waals surface area contributed by atoms with Crippen molar-refractivity contribution in [2.24, 2.45) is 4.99 Å². The second-order valence-electron chi connectivity index (χ2n) is 4.40. The maximum absolute atomic E-state index is 11.2. The third-order valence-corrected chi connectivity index (χ3v) is 3.44. The summed E-state index contributed by atoms with van der Waals surface area (Å²) >= 11 is 1.65. The Hall–Kier alpha value is -0.900. The second kappa shape index (κ2) is 12.6. The van der Waals surface area contributed by atoms with E-state index in [0.29, 0.717) is 26.1 Å². The van der Waals surface area contributed by atoms with Crippen LogP contribution in [-0.2, 0) is 16.1 Å². The standard InChI is InChI=1S/C14H24N4O2S.HI/c1-4-15-14(16-8-6-7-13(19)20-5-2)18-10-12-17-9-11(3)21-12;/h9H,4-8,10H2,1-3H3,(H2,15,16,18);1H. The molecule has 2 N–H and O–H groups in total. The molecule has 0 saturated carbocycles. The van der Waals surface area contributed by atoms with E-state index in [2.05, 4.69) is 20.6 Å². The molecule has 0 atom stereocenters. The minimum absolute atomic E-state index is 0. The van der Waals surface area contributed by atoms with Gasteiger partial charge in [-0.1, -0.05) is 0 Å². The van der Waals surface area contributed by atoms with E-state index in [1.165, 1.54) is 4.88 Å². The molecule has 0 saturated heterocycles. The van der Waals surface area contributed by atoms with Crippen LogP contribution in [0.15, 0.2) is 11.2 Å². The summed E-state index contributed by atoms with van der Waals surface area (Å²) in [6.45, 7) is 8.33. The van der Waals surface area contributed by atoms with Crippen LogP contribution in [0.5, 0.6) is 0 Å². The summed E-state index contributed by atoms with van der Waals surface area (Å²) in [6.07, 6.45) is 3.00. The van der Waals surface area contributed by atoms with Crippen molar-refractivity contribution in [2.45, 2.75) is 40.2 Å². The molecule has 0 aromatic carbocycles. The minimum Gasteiger partial charge on any atom is -0.466 e. The van der Waals surface area contributed by atoms with Crippen molar-refractivity contribution in [2.75, 3.05) is 19.7 Å². The number of halogens is 1. The zero-order valence-electron chi connectivity index (χ0n) is 13.3. The number of esters is 1. The van der Waals surface area contributed by atoms with Crippen LogP contribution in [0.4, 0.5) is 0 Å². The molecule has 1 rings (SSSR count). The fourth-order valence-electron chi connectivity index (χ4n) is 1.64. The Balaban J connectivity index is 0.00000441. The van der Waals surface area contributed by atoms with Gasteiger partial charge in [0.25, 0.3) is 0 Å². The predicted molar refractivity (Wildman–Crippen MR) is 101 cm³/mol. The molecule has 22 heavy (non-hydrogen) atoms. The molecule has 8 heteroatoms. The normalized spacial score (nSPS) is 10.8. The number of aromatic nitrogens is 1. The highest BCUT2D eigenvalue weighted by atomic mass is 127. The van der Waals surface area contributed by atoms with Crippen LogP contribution in [0.2, 0.25) is 0 Å². The van der Waals surface area contributed by atoms with Crippen LogP contribution in [0.25, 0.3) is 0 Å². The van der Waals surface area contributed by atoms with Crippen LogP contribution >= 0.6 is 35.3 Å². The van der Waals surface area contributed by atoms with Crippen molar-refractivity contribution in [3.8, 4) is 0 Å². The number of hydrogen-bond acceptors (Lipinski definition) is 5. The molecule has 1 aromatic heterocycles. The van der Waals surface area contributed by atoms with Gasteiger partial charge in [-0.25, -0.2) is 9.98 Å². The van der Waals surface area contributed by atoms with Gasteiger partial charge in [-0.05, 0) is 27.2 Å². The average molecular weight is 440 g/mol. The highest BCUT2D eigenvalue weighted by Crippen LogP contribution is 2.11. The van der Waals surface area contributed by atoms with Crippen LogP contribution in [0.3, 0.4) is 0 Å². The lowest BCUT2D eigenvalue weighted by molar-refractivity contribution is -0.143. The van der Waals surface area contributed by atoms with E-state index in [9.17, 15) is 4.79 Å². The summed E-state index contributed by atoms with van der Waals surface area (Å²) in [5.74, 6) is 0.591. The molecule has 0 aliphatic carbocycles. The maximum Gasteiger partial charge on any atom is 0.305 e. The third-order valence-electron chi connectivity index (χ3n) is 2.54. The van der Waals surface area contributed by atoms with Crippen molar-refractivity contribution in [1.29, 1.82) is 0 Å². The fourth-order valence-corrected chi connectivity index (χ4v) is 2.35. The predicted octanol–water partition coefficient (Wildman–Crippen LogP) is 2.47. The Labute approximate surface area is 153 Å². The number of carbonyl (C=O) groups excluding carboxylic acids is 1. The molecule has 0 bridgehead atoms. The lowest BCUT2D eigenvalue weighted by atomic mass is 10.3. The van der Waals surface area contributed by atoms with Gasteiger partial charge in [-0.2, -0.15) is 0 Å². The lowest BCUT2D eigenvalue weighted by Gasteiger charge is -2.10. The number of aryl methyl sites for hydroxylation is 1. The molecule has 1 aromatic rings. The lowest BCUT2D eigenvalue weighted by Crippen LogP contribution is -2.37. The first-order valence-electron chi connectivity index (χ1n) is 7.24. The number of carbonyl (C=O) groups is 1. The molecule has 0 aliphatic rings. The fraction of sp³-hybridized carbons (Fsp3) is 0.643. The Morgan fingerprint density at radius 2 is 2.18 bits per heavy atom. The number of ether oxygens (including phenoxy) is 1. The molecule has 126 valence electrons. The number of rotatable bonds is 8. The largest absolute Gasteiger partial charge is 0.466 e.